The number of ether oxygens (including phenoxy) is 1. The van der Waals surface area contributed by atoms with E-state index in [1.807, 2.05) is 30.3 Å². The molecule has 0 atom stereocenters. The Hall–Kier alpha value is -2.04. The Morgan fingerprint density at radius 2 is 1.78 bits per heavy atom. The average molecular weight is 252 g/mol. The van der Waals surface area contributed by atoms with E-state index in [9.17, 15) is 9.59 Å². The van der Waals surface area contributed by atoms with Crippen molar-refractivity contribution in [2.45, 2.75) is 26.9 Å². The van der Waals surface area contributed by atoms with Gasteiger partial charge in [-0.3, -0.25) is 4.79 Å². The Morgan fingerprint density at radius 1 is 1.22 bits per heavy atom. The maximum Gasteiger partial charge on any atom is 0.407 e. The molecule has 0 radical (unpaired) electrons. The number of primary amides is 1. The molecule has 2 amide bonds. The Kier molecular flexibility index (Phi) is 8.99. The lowest BCUT2D eigenvalue weighted by Crippen LogP contribution is -2.33. The van der Waals surface area contributed by atoms with E-state index in [0.29, 0.717) is 0 Å². The van der Waals surface area contributed by atoms with Gasteiger partial charge in [-0.25, -0.2) is 4.79 Å². The standard InChI is InChI=1S/C10H12N2O3.C3H8/c11-9(13)6-12-10(14)15-7-8-4-2-1-3-5-8;1-3-2/h1-5H,6-7H2,(H2,11,13)(H,12,14);3H2,1-2H3. The molecule has 1 aromatic rings. The van der Waals surface area contributed by atoms with Crippen molar-refractivity contribution in [2.24, 2.45) is 5.73 Å². The van der Waals surface area contributed by atoms with Crippen molar-refractivity contribution in [1.82, 2.24) is 5.32 Å². The summed E-state index contributed by atoms with van der Waals surface area (Å²) in [5.74, 6) is -0.605. The highest BCUT2D eigenvalue weighted by Gasteiger charge is 2.03. The van der Waals surface area contributed by atoms with Crippen LogP contribution >= 0.6 is 0 Å². The molecule has 0 aliphatic heterocycles. The first-order valence-corrected chi connectivity index (χ1v) is 5.83. The lowest BCUT2D eigenvalue weighted by molar-refractivity contribution is -0.117. The Morgan fingerprint density at radius 3 is 2.28 bits per heavy atom. The second kappa shape index (κ2) is 10.1. The van der Waals surface area contributed by atoms with Crippen LogP contribution in [0.2, 0.25) is 0 Å². The molecule has 100 valence electrons. The zero-order chi connectivity index (χ0) is 13.8. The van der Waals surface area contributed by atoms with Gasteiger partial charge in [-0.15, -0.1) is 0 Å². The molecule has 5 heteroatoms. The summed E-state index contributed by atoms with van der Waals surface area (Å²) in [5.41, 5.74) is 5.72. The first kappa shape index (κ1) is 16.0. The Labute approximate surface area is 107 Å². The molecule has 0 heterocycles. The van der Waals surface area contributed by atoms with Gasteiger partial charge in [0.15, 0.2) is 0 Å². The van der Waals surface area contributed by atoms with Crippen LogP contribution in [0.4, 0.5) is 4.79 Å². The number of nitrogens with one attached hydrogen (secondary N) is 1. The summed E-state index contributed by atoms with van der Waals surface area (Å²) in [6.45, 7) is 4.21. The molecular formula is C13H20N2O3. The molecule has 0 unspecified atom stereocenters. The minimum Gasteiger partial charge on any atom is -0.445 e. The van der Waals surface area contributed by atoms with E-state index in [1.165, 1.54) is 6.42 Å². The molecule has 1 aromatic carbocycles. The summed E-state index contributed by atoms with van der Waals surface area (Å²) < 4.78 is 4.82. The zero-order valence-corrected chi connectivity index (χ0v) is 10.8. The monoisotopic (exact) mass is 252 g/mol. The predicted molar refractivity (Wildman–Crippen MR) is 69.8 cm³/mol. The molecule has 0 aliphatic rings. The van der Waals surface area contributed by atoms with Crippen LogP contribution in [0, 0.1) is 0 Å². The molecule has 0 bridgehead atoms. The molecule has 18 heavy (non-hydrogen) atoms. The third-order valence-corrected chi connectivity index (χ3v) is 1.62. The quantitative estimate of drug-likeness (QED) is 0.857. The minimum atomic E-state index is -0.655. The lowest BCUT2D eigenvalue weighted by Gasteiger charge is -2.05. The van der Waals surface area contributed by atoms with E-state index in [4.69, 9.17) is 10.5 Å². The summed E-state index contributed by atoms with van der Waals surface area (Å²) in [5, 5.41) is 2.22. The Balaban J connectivity index is 0.000000873. The van der Waals surface area contributed by atoms with Crippen LogP contribution < -0.4 is 11.1 Å². The van der Waals surface area contributed by atoms with Gasteiger partial charge in [0.1, 0.15) is 6.61 Å². The second-order valence-corrected chi connectivity index (χ2v) is 3.59. The minimum absolute atomic E-state index is 0.172. The maximum atomic E-state index is 11.0. The molecule has 0 aliphatic carbocycles. The summed E-state index contributed by atoms with van der Waals surface area (Å²) in [4.78, 5) is 21.3. The molecule has 0 aromatic heterocycles. The number of hydrogen-bond acceptors (Lipinski definition) is 3. The van der Waals surface area contributed by atoms with Gasteiger partial charge in [-0.05, 0) is 5.56 Å². The van der Waals surface area contributed by atoms with Gasteiger partial charge in [-0.1, -0.05) is 50.6 Å². The van der Waals surface area contributed by atoms with E-state index in [-0.39, 0.29) is 13.2 Å². The first-order chi connectivity index (χ1) is 8.60. The largest absolute Gasteiger partial charge is 0.445 e. The number of carbonyl (C=O) groups is 2. The van der Waals surface area contributed by atoms with E-state index in [2.05, 4.69) is 19.2 Å². The van der Waals surface area contributed by atoms with Crippen molar-refractivity contribution in [3.63, 3.8) is 0 Å². The summed E-state index contributed by atoms with van der Waals surface area (Å²) in [6, 6.07) is 9.24. The van der Waals surface area contributed by atoms with E-state index in [1.54, 1.807) is 0 Å². The van der Waals surface area contributed by atoms with E-state index >= 15 is 0 Å². The molecule has 0 fully saturated rings. The molecule has 3 N–H and O–H groups in total. The number of rotatable bonds is 4. The number of amides is 2. The SMILES string of the molecule is CCC.NC(=O)CNC(=O)OCc1ccccc1. The molecular weight excluding hydrogens is 232 g/mol. The number of carbonyl (C=O) groups excluding carboxylic acids is 2. The molecule has 5 nitrogen and oxygen atoms in total. The maximum absolute atomic E-state index is 11.0. The highest BCUT2D eigenvalue weighted by molar-refractivity contribution is 5.80. The van der Waals surface area contributed by atoms with Crippen molar-refractivity contribution in [3.05, 3.63) is 35.9 Å². The molecule has 0 spiro atoms. The van der Waals surface area contributed by atoms with Crippen LogP contribution in [0.25, 0.3) is 0 Å². The normalized spacial score (nSPS) is 8.78. The second-order valence-electron chi connectivity index (χ2n) is 3.59. The predicted octanol–water partition coefficient (Wildman–Crippen LogP) is 1.81. The number of alkyl carbamates (subject to hydrolysis) is 1. The van der Waals surface area contributed by atoms with E-state index < -0.39 is 12.0 Å². The Bertz CT molecular complexity index is 353. The third kappa shape index (κ3) is 9.21. The third-order valence-electron chi connectivity index (χ3n) is 1.62. The van der Waals surface area contributed by atoms with Gasteiger partial charge in [-0.2, -0.15) is 0 Å². The fourth-order valence-corrected chi connectivity index (χ4v) is 0.933. The number of nitrogens with two attached hydrogens (primary N) is 1. The van der Waals surface area contributed by atoms with Crippen molar-refractivity contribution in [2.75, 3.05) is 6.54 Å². The fourth-order valence-electron chi connectivity index (χ4n) is 0.933. The summed E-state index contributed by atoms with van der Waals surface area (Å²) >= 11 is 0. The van der Waals surface area contributed by atoms with Gasteiger partial charge >= 0.3 is 6.09 Å². The highest BCUT2D eigenvalue weighted by atomic mass is 16.5. The van der Waals surface area contributed by atoms with Crippen LogP contribution in [-0.4, -0.2) is 18.5 Å². The van der Waals surface area contributed by atoms with Crippen molar-refractivity contribution in [1.29, 1.82) is 0 Å². The lowest BCUT2D eigenvalue weighted by atomic mass is 10.2. The van der Waals surface area contributed by atoms with Crippen LogP contribution in [-0.2, 0) is 16.1 Å². The number of benzene rings is 1. The van der Waals surface area contributed by atoms with E-state index in [0.717, 1.165) is 5.56 Å². The van der Waals surface area contributed by atoms with Gasteiger partial charge in [0.05, 0.1) is 6.54 Å². The van der Waals surface area contributed by atoms with Crippen LogP contribution in [0.5, 0.6) is 0 Å². The smallest absolute Gasteiger partial charge is 0.407 e. The van der Waals surface area contributed by atoms with Gasteiger partial charge in [0.2, 0.25) is 5.91 Å². The molecule has 0 saturated heterocycles. The van der Waals surface area contributed by atoms with Gasteiger partial charge in [0, 0.05) is 0 Å². The topological polar surface area (TPSA) is 81.4 Å². The zero-order valence-electron chi connectivity index (χ0n) is 10.8. The van der Waals surface area contributed by atoms with Gasteiger partial charge in [0.25, 0.3) is 0 Å². The van der Waals surface area contributed by atoms with Crippen LogP contribution in [0.15, 0.2) is 30.3 Å². The first-order valence-electron chi connectivity index (χ1n) is 5.83. The fraction of sp³-hybridized carbons (Fsp3) is 0.385. The van der Waals surface area contributed by atoms with Crippen LogP contribution in [0.3, 0.4) is 0 Å². The summed E-state index contributed by atoms with van der Waals surface area (Å²) in [6.07, 6.45) is 0.595. The molecule has 0 saturated carbocycles. The highest BCUT2D eigenvalue weighted by Crippen LogP contribution is 2.00. The van der Waals surface area contributed by atoms with Crippen LogP contribution in [0.1, 0.15) is 25.8 Å². The molecule has 1 rings (SSSR count). The van der Waals surface area contributed by atoms with Crippen molar-refractivity contribution >= 4 is 12.0 Å². The summed E-state index contributed by atoms with van der Waals surface area (Å²) in [7, 11) is 0. The van der Waals surface area contributed by atoms with Crippen molar-refractivity contribution < 1.29 is 14.3 Å². The van der Waals surface area contributed by atoms with Gasteiger partial charge < -0.3 is 15.8 Å². The average Bonchev–Trinajstić information content (AvgIpc) is 2.36. The van der Waals surface area contributed by atoms with Crippen molar-refractivity contribution in [3.8, 4) is 0 Å². The number of hydrogen-bond donors (Lipinski definition) is 2.